The van der Waals surface area contributed by atoms with Gasteiger partial charge in [0.25, 0.3) is 5.96 Å². The average Bonchev–Trinajstić information content (AvgIpc) is 2.57. The number of nitrogens with one attached hydrogen (secondary N) is 1. The SMILES string of the molecule is CCOC1(OCC)CN/C(=N\[N+](=O)[O-])N(Cc2ncccc2C(F)(F)F)C1. The number of hydrogen-bond donors (Lipinski definition) is 1. The summed E-state index contributed by atoms with van der Waals surface area (Å²) in [5.74, 6) is -1.36. The molecule has 1 saturated heterocycles. The molecule has 0 bridgehead atoms. The molecule has 1 aromatic heterocycles. The van der Waals surface area contributed by atoms with Crippen LogP contribution in [0, 0.1) is 10.1 Å². The van der Waals surface area contributed by atoms with Gasteiger partial charge in [0.1, 0.15) is 5.10 Å². The Kier molecular flexibility index (Phi) is 6.54. The highest BCUT2D eigenvalue weighted by Crippen LogP contribution is 2.32. The van der Waals surface area contributed by atoms with Crippen LogP contribution in [0.2, 0.25) is 0 Å². The minimum Gasteiger partial charge on any atom is -0.347 e. The van der Waals surface area contributed by atoms with Crippen LogP contribution >= 0.6 is 0 Å². The maximum Gasteiger partial charge on any atom is 0.418 e. The Morgan fingerprint density at radius 2 is 2.07 bits per heavy atom. The number of halogens is 3. The topological polar surface area (TPSA) is 102 Å². The molecular weight excluding hydrogens is 371 g/mol. The lowest BCUT2D eigenvalue weighted by Crippen LogP contribution is -2.63. The quantitative estimate of drug-likeness (QED) is 0.430. The van der Waals surface area contributed by atoms with E-state index in [4.69, 9.17) is 9.47 Å². The molecule has 27 heavy (non-hydrogen) atoms. The maximum absolute atomic E-state index is 13.2. The zero-order valence-electron chi connectivity index (χ0n) is 14.8. The monoisotopic (exact) mass is 391 g/mol. The van der Waals surface area contributed by atoms with E-state index in [9.17, 15) is 23.3 Å². The minimum atomic E-state index is -4.61. The van der Waals surface area contributed by atoms with Gasteiger partial charge in [0.05, 0.1) is 30.9 Å². The number of alkyl halides is 3. The third-order valence-electron chi connectivity index (χ3n) is 3.77. The number of aromatic nitrogens is 1. The highest BCUT2D eigenvalue weighted by atomic mass is 19.4. The third kappa shape index (κ3) is 5.26. The molecule has 1 aliphatic rings. The van der Waals surface area contributed by atoms with Crippen LogP contribution in [0.3, 0.4) is 0 Å². The second kappa shape index (κ2) is 8.48. The molecule has 0 saturated carbocycles. The molecule has 0 amide bonds. The lowest BCUT2D eigenvalue weighted by Gasteiger charge is -2.42. The number of guanidine groups is 1. The normalized spacial score (nSPS) is 18.4. The Morgan fingerprint density at radius 1 is 1.41 bits per heavy atom. The van der Waals surface area contributed by atoms with Crippen LogP contribution in [0.1, 0.15) is 25.1 Å². The summed E-state index contributed by atoms with van der Waals surface area (Å²) in [5, 5.41) is 15.8. The first-order chi connectivity index (χ1) is 12.7. The molecule has 0 unspecified atom stereocenters. The van der Waals surface area contributed by atoms with Crippen molar-refractivity contribution in [2.24, 2.45) is 5.10 Å². The number of hydrazone groups is 1. The molecular formula is C15H20F3N5O4. The van der Waals surface area contributed by atoms with Crippen molar-refractivity contribution < 1.29 is 27.7 Å². The Morgan fingerprint density at radius 3 is 2.63 bits per heavy atom. The van der Waals surface area contributed by atoms with Gasteiger partial charge in [-0.1, -0.05) is 0 Å². The number of hydrogen-bond acceptors (Lipinski definition) is 5. The van der Waals surface area contributed by atoms with Crippen LogP contribution < -0.4 is 5.32 Å². The first-order valence-electron chi connectivity index (χ1n) is 8.21. The van der Waals surface area contributed by atoms with E-state index in [2.05, 4.69) is 15.4 Å². The minimum absolute atomic E-state index is 0.0533. The highest BCUT2D eigenvalue weighted by Gasteiger charge is 2.42. The third-order valence-corrected chi connectivity index (χ3v) is 3.77. The van der Waals surface area contributed by atoms with Crippen LogP contribution in [-0.2, 0) is 22.2 Å². The molecule has 1 aliphatic heterocycles. The van der Waals surface area contributed by atoms with Crippen molar-refractivity contribution in [3.8, 4) is 0 Å². The van der Waals surface area contributed by atoms with Crippen molar-refractivity contribution in [2.45, 2.75) is 32.4 Å². The second-order valence-electron chi connectivity index (χ2n) is 5.64. The van der Waals surface area contributed by atoms with E-state index in [0.717, 1.165) is 6.07 Å². The summed E-state index contributed by atoms with van der Waals surface area (Å²) in [6.07, 6.45) is -3.38. The van der Waals surface area contributed by atoms with Crippen LogP contribution in [0.15, 0.2) is 23.4 Å². The Hall–Kier alpha value is -2.47. The standard InChI is InChI=1S/C15H20F3N5O4/c1-3-26-14(27-4-2)9-20-13(21-23(24)25)22(10-14)8-12-11(15(16,17)18)6-5-7-19-12/h5-7H,3-4,8-10H2,1-2H3,(H,20,21). The van der Waals surface area contributed by atoms with E-state index in [1.54, 1.807) is 13.8 Å². The smallest absolute Gasteiger partial charge is 0.347 e. The number of nitrogens with zero attached hydrogens (tertiary/aromatic N) is 4. The Bertz CT molecular complexity index is 692. The van der Waals surface area contributed by atoms with Gasteiger partial charge in [-0.15, -0.1) is 0 Å². The summed E-state index contributed by atoms with van der Waals surface area (Å²) >= 11 is 0. The molecule has 0 spiro atoms. The lowest BCUT2D eigenvalue weighted by molar-refractivity contribution is -0.486. The van der Waals surface area contributed by atoms with Crippen molar-refractivity contribution in [3.05, 3.63) is 39.7 Å². The first kappa shape index (κ1) is 20.8. The number of rotatable bonds is 7. The van der Waals surface area contributed by atoms with E-state index in [-0.39, 0.29) is 44.5 Å². The molecule has 2 rings (SSSR count). The molecule has 150 valence electrons. The summed E-state index contributed by atoms with van der Waals surface area (Å²) < 4.78 is 51.0. The van der Waals surface area contributed by atoms with Gasteiger partial charge in [-0.3, -0.25) is 4.98 Å². The van der Waals surface area contributed by atoms with Crippen LogP contribution in [0.25, 0.3) is 0 Å². The fourth-order valence-electron chi connectivity index (χ4n) is 2.82. The number of ether oxygens (including phenoxy) is 2. The molecule has 0 radical (unpaired) electrons. The first-order valence-corrected chi connectivity index (χ1v) is 8.21. The molecule has 0 aromatic carbocycles. The summed E-state index contributed by atoms with van der Waals surface area (Å²) in [6.45, 7) is 3.70. The molecule has 1 aromatic rings. The zero-order valence-corrected chi connectivity index (χ0v) is 14.8. The maximum atomic E-state index is 13.2. The molecule has 1 N–H and O–H groups in total. The van der Waals surface area contributed by atoms with Crippen molar-refractivity contribution in [1.29, 1.82) is 0 Å². The van der Waals surface area contributed by atoms with Gasteiger partial charge in [0.2, 0.25) is 5.79 Å². The van der Waals surface area contributed by atoms with Crippen molar-refractivity contribution in [3.63, 3.8) is 0 Å². The van der Waals surface area contributed by atoms with Gasteiger partial charge >= 0.3 is 6.18 Å². The van der Waals surface area contributed by atoms with Crippen LogP contribution in [-0.4, -0.2) is 53.0 Å². The molecule has 9 nitrogen and oxygen atoms in total. The number of nitro groups is 1. The Balaban J connectivity index is 2.37. The lowest BCUT2D eigenvalue weighted by atomic mass is 10.1. The molecule has 2 heterocycles. The summed E-state index contributed by atoms with van der Waals surface area (Å²) in [6, 6.07) is 2.08. The highest BCUT2D eigenvalue weighted by molar-refractivity contribution is 5.80. The summed E-state index contributed by atoms with van der Waals surface area (Å²) in [4.78, 5) is 15.9. The van der Waals surface area contributed by atoms with Gasteiger partial charge in [0.15, 0.2) is 5.03 Å². The van der Waals surface area contributed by atoms with E-state index >= 15 is 0 Å². The van der Waals surface area contributed by atoms with Crippen molar-refractivity contribution >= 4 is 5.96 Å². The largest absolute Gasteiger partial charge is 0.418 e. The molecule has 12 heteroatoms. The predicted molar refractivity (Wildman–Crippen MR) is 88.1 cm³/mol. The van der Waals surface area contributed by atoms with Gasteiger partial charge in [-0.25, -0.2) is 10.1 Å². The molecule has 0 aliphatic carbocycles. The van der Waals surface area contributed by atoms with Gasteiger partial charge in [0, 0.05) is 19.4 Å². The summed E-state index contributed by atoms with van der Waals surface area (Å²) in [5.41, 5.74) is -1.21. The molecule has 1 fully saturated rings. The molecule has 0 atom stereocenters. The van der Waals surface area contributed by atoms with Gasteiger partial charge in [-0.2, -0.15) is 13.2 Å². The van der Waals surface area contributed by atoms with Crippen molar-refractivity contribution in [1.82, 2.24) is 15.2 Å². The van der Waals surface area contributed by atoms with Crippen LogP contribution in [0.4, 0.5) is 13.2 Å². The second-order valence-corrected chi connectivity index (χ2v) is 5.64. The van der Waals surface area contributed by atoms with E-state index in [1.807, 2.05) is 0 Å². The fraction of sp³-hybridized carbons (Fsp3) is 0.600. The van der Waals surface area contributed by atoms with E-state index < -0.39 is 22.6 Å². The average molecular weight is 391 g/mol. The zero-order chi connectivity index (χ0) is 20.1. The predicted octanol–water partition coefficient (Wildman–Crippen LogP) is 1.82. The van der Waals surface area contributed by atoms with Gasteiger partial charge in [-0.05, 0) is 26.0 Å². The summed E-state index contributed by atoms with van der Waals surface area (Å²) in [7, 11) is 0. The van der Waals surface area contributed by atoms with Crippen molar-refractivity contribution in [2.75, 3.05) is 26.3 Å². The van der Waals surface area contributed by atoms with E-state index in [0.29, 0.717) is 0 Å². The van der Waals surface area contributed by atoms with Crippen LogP contribution in [0.5, 0.6) is 0 Å². The Labute approximate surface area is 153 Å². The van der Waals surface area contributed by atoms with E-state index in [1.165, 1.54) is 17.2 Å². The number of pyridine rings is 1. The fourth-order valence-corrected chi connectivity index (χ4v) is 2.82. The van der Waals surface area contributed by atoms with Gasteiger partial charge < -0.3 is 19.7 Å².